The van der Waals surface area contributed by atoms with Gasteiger partial charge in [-0.2, -0.15) is 4.98 Å². The van der Waals surface area contributed by atoms with Crippen LogP contribution in [0.3, 0.4) is 0 Å². The van der Waals surface area contributed by atoms with E-state index in [0.717, 1.165) is 61.3 Å². The number of hydrogen-bond donors (Lipinski definition) is 1. The molecule has 3 aromatic rings. The number of nitrogens with zero attached hydrogens (tertiary/aromatic N) is 3. The van der Waals surface area contributed by atoms with Crippen molar-refractivity contribution in [2.75, 3.05) is 13.1 Å². The summed E-state index contributed by atoms with van der Waals surface area (Å²) in [6, 6.07) is 6.49. The summed E-state index contributed by atoms with van der Waals surface area (Å²) >= 11 is 6.18. The van der Waals surface area contributed by atoms with E-state index in [1.54, 1.807) is 6.26 Å². The molecule has 4 rings (SSSR count). The molecule has 0 bridgehead atoms. The number of piperidine rings is 1. The first-order valence-electron chi connectivity index (χ1n) is 8.07. The van der Waals surface area contributed by atoms with E-state index in [0.29, 0.717) is 11.3 Å². The van der Waals surface area contributed by atoms with Gasteiger partial charge in [-0.15, -0.1) is 0 Å². The molecule has 1 aliphatic heterocycles. The van der Waals surface area contributed by atoms with Crippen molar-refractivity contribution >= 4 is 22.6 Å². The van der Waals surface area contributed by atoms with E-state index in [4.69, 9.17) is 16.0 Å². The summed E-state index contributed by atoms with van der Waals surface area (Å²) in [5.74, 6) is 0.964. The molecule has 5 nitrogen and oxygen atoms in total. The molecule has 0 radical (unpaired) electrons. The second kappa shape index (κ2) is 6.34. The summed E-state index contributed by atoms with van der Waals surface area (Å²) in [6.45, 7) is 2.10. The Labute approximate surface area is 139 Å². The molecule has 120 valence electrons. The van der Waals surface area contributed by atoms with E-state index in [2.05, 4.69) is 32.1 Å². The maximum absolute atomic E-state index is 6.18. The van der Waals surface area contributed by atoms with E-state index in [9.17, 15) is 0 Å². The number of rotatable bonds is 4. The molecule has 4 heterocycles. The highest BCUT2D eigenvalue weighted by molar-refractivity contribution is 6.28. The van der Waals surface area contributed by atoms with E-state index < -0.39 is 0 Å². The Kier molecular flexibility index (Phi) is 4.06. The first kappa shape index (κ1) is 14.7. The molecule has 6 heteroatoms. The minimum Gasteiger partial charge on any atom is -0.469 e. The van der Waals surface area contributed by atoms with Gasteiger partial charge in [0.1, 0.15) is 11.4 Å². The van der Waals surface area contributed by atoms with Crippen molar-refractivity contribution in [3.63, 3.8) is 0 Å². The number of furan rings is 1. The summed E-state index contributed by atoms with van der Waals surface area (Å²) in [5.41, 5.74) is 1.94. The van der Waals surface area contributed by atoms with Gasteiger partial charge in [-0.25, -0.2) is 4.98 Å². The molecule has 0 saturated carbocycles. The molecular weight excluding hydrogens is 312 g/mol. The van der Waals surface area contributed by atoms with Gasteiger partial charge in [-0.3, -0.25) is 0 Å². The van der Waals surface area contributed by atoms with Gasteiger partial charge in [0.2, 0.25) is 5.28 Å². The first-order valence-corrected chi connectivity index (χ1v) is 8.45. The lowest BCUT2D eigenvalue weighted by Crippen LogP contribution is -2.29. The van der Waals surface area contributed by atoms with Crippen molar-refractivity contribution < 1.29 is 4.42 Å². The Hall–Kier alpha value is -1.85. The highest BCUT2D eigenvalue weighted by atomic mass is 35.5. The fraction of sp³-hybridized carbons (Fsp3) is 0.412. The zero-order valence-electron chi connectivity index (χ0n) is 12.8. The predicted molar refractivity (Wildman–Crippen MR) is 89.8 cm³/mol. The van der Waals surface area contributed by atoms with Gasteiger partial charge in [0.05, 0.1) is 12.0 Å². The zero-order chi connectivity index (χ0) is 15.6. The summed E-state index contributed by atoms with van der Waals surface area (Å²) in [7, 11) is 0. The smallest absolute Gasteiger partial charge is 0.224 e. The van der Waals surface area contributed by atoms with Crippen LogP contribution in [0.4, 0.5) is 0 Å². The molecule has 1 fully saturated rings. The Bertz CT molecular complexity index is 790. The van der Waals surface area contributed by atoms with E-state index >= 15 is 0 Å². The van der Waals surface area contributed by atoms with Crippen LogP contribution in [0.15, 0.2) is 35.1 Å². The Morgan fingerprint density at radius 1 is 1.22 bits per heavy atom. The average molecular weight is 331 g/mol. The molecule has 23 heavy (non-hydrogen) atoms. The Morgan fingerprint density at radius 3 is 2.87 bits per heavy atom. The molecule has 0 atom stereocenters. The fourth-order valence-corrected chi connectivity index (χ4v) is 3.51. The number of aromatic nitrogens is 3. The Morgan fingerprint density at radius 2 is 2.09 bits per heavy atom. The third-order valence-corrected chi connectivity index (χ3v) is 4.68. The molecule has 1 saturated heterocycles. The van der Waals surface area contributed by atoms with Crippen LogP contribution in [0.5, 0.6) is 0 Å². The van der Waals surface area contributed by atoms with Crippen LogP contribution in [0.25, 0.3) is 11.0 Å². The van der Waals surface area contributed by atoms with Crippen LogP contribution in [-0.4, -0.2) is 27.6 Å². The van der Waals surface area contributed by atoms with Gasteiger partial charge in [0, 0.05) is 24.0 Å². The minimum absolute atomic E-state index is 0.320. The van der Waals surface area contributed by atoms with Gasteiger partial charge in [-0.1, -0.05) is 0 Å². The minimum atomic E-state index is 0.320. The van der Waals surface area contributed by atoms with Crippen LogP contribution >= 0.6 is 11.6 Å². The van der Waals surface area contributed by atoms with E-state index in [-0.39, 0.29) is 0 Å². The van der Waals surface area contributed by atoms with Gasteiger partial charge >= 0.3 is 0 Å². The average Bonchev–Trinajstić information content (AvgIpc) is 3.23. The van der Waals surface area contributed by atoms with Crippen molar-refractivity contribution in [1.29, 1.82) is 0 Å². The van der Waals surface area contributed by atoms with Crippen molar-refractivity contribution in [2.45, 2.75) is 31.7 Å². The molecule has 0 aromatic carbocycles. The number of hydrogen-bond acceptors (Lipinski definition) is 4. The van der Waals surface area contributed by atoms with Crippen molar-refractivity contribution in [3.8, 4) is 0 Å². The number of fused-ring (bicyclic) bond motifs is 1. The van der Waals surface area contributed by atoms with Crippen molar-refractivity contribution in [3.05, 3.63) is 47.4 Å². The van der Waals surface area contributed by atoms with Crippen LogP contribution in [0.2, 0.25) is 5.28 Å². The van der Waals surface area contributed by atoms with Crippen molar-refractivity contribution in [1.82, 2.24) is 19.9 Å². The quantitative estimate of drug-likeness (QED) is 0.745. The normalized spacial score (nSPS) is 16.2. The largest absolute Gasteiger partial charge is 0.469 e. The lowest BCUT2D eigenvalue weighted by molar-refractivity contribution is 0.375. The molecular formula is C17H19ClN4O. The second-order valence-corrected chi connectivity index (χ2v) is 6.30. The number of aryl methyl sites for hydroxylation is 2. The van der Waals surface area contributed by atoms with Gasteiger partial charge < -0.3 is 14.3 Å². The molecule has 3 aromatic heterocycles. The molecule has 0 amide bonds. The SMILES string of the molecule is Clc1nc(CCc2ccco2)c2ccn(C3CCNCC3)c2n1. The van der Waals surface area contributed by atoms with Gasteiger partial charge in [0.15, 0.2) is 0 Å². The molecule has 1 aliphatic rings. The Balaban J connectivity index is 1.66. The number of halogens is 1. The molecule has 1 N–H and O–H groups in total. The molecule has 0 unspecified atom stereocenters. The summed E-state index contributed by atoms with van der Waals surface area (Å²) in [5, 5.41) is 4.82. The van der Waals surface area contributed by atoms with E-state index in [1.807, 2.05) is 12.1 Å². The highest BCUT2D eigenvalue weighted by Gasteiger charge is 2.19. The topological polar surface area (TPSA) is 55.9 Å². The fourth-order valence-electron chi connectivity index (χ4n) is 3.33. The molecule has 0 aliphatic carbocycles. The van der Waals surface area contributed by atoms with E-state index in [1.165, 1.54) is 0 Å². The summed E-state index contributed by atoms with van der Waals surface area (Å²) < 4.78 is 7.67. The van der Waals surface area contributed by atoms with Gasteiger partial charge in [-0.05, 0) is 62.2 Å². The molecule has 0 spiro atoms. The second-order valence-electron chi connectivity index (χ2n) is 5.96. The maximum Gasteiger partial charge on any atom is 0.224 e. The van der Waals surface area contributed by atoms with Gasteiger partial charge in [0.25, 0.3) is 0 Å². The van der Waals surface area contributed by atoms with Crippen molar-refractivity contribution in [2.24, 2.45) is 0 Å². The van der Waals surface area contributed by atoms with Crippen LogP contribution in [-0.2, 0) is 12.8 Å². The number of nitrogens with one attached hydrogen (secondary N) is 1. The van der Waals surface area contributed by atoms with Crippen LogP contribution in [0, 0.1) is 0 Å². The lowest BCUT2D eigenvalue weighted by atomic mass is 10.1. The third kappa shape index (κ3) is 2.99. The standard InChI is InChI=1S/C17H19ClN4O/c18-17-20-15(4-3-13-2-1-11-23-13)14-7-10-22(16(14)21-17)12-5-8-19-9-6-12/h1-2,7,10-12,19H,3-6,8-9H2. The third-order valence-electron chi connectivity index (χ3n) is 4.51. The van der Waals surface area contributed by atoms with Crippen LogP contribution < -0.4 is 5.32 Å². The maximum atomic E-state index is 6.18. The first-order chi connectivity index (χ1) is 11.3. The lowest BCUT2D eigenvalue weighted by Gasteiger charge is -2.24. The summed E-state index contributed by atoms with van der Waals surface area (Å²) in [6.07, 6.45) is 7.67. The monoisotopic (exact) mass is 330 g/mol. The van der Waals surface area contributed by atoms with Crippen LogP contribution in [0.1, 0.15) is 30.3 Å². The summed E-state index contributed by atoms with van der Waals surface area (Å²) in [4.78, 5) is 8.94. The highest BCUT2D eigenvalue weighted by Crippen LogP contribution is 2.27. The zero-order valence-corrected chi connectivity index (χ0v) is 13.6. The predicted octanol–water partition coefficient (Wildman–Crippen LogP) is 3.39.